The lowest BCUT2D eigenvalue weighted by Crippen LogP contribution is -1.99. The second kappa shape index (κ2) is 8.67. The maximum Gasteiger partial charge on any atom is 0.171 e. The van der Waals surface area contributed by atoms with Crippen molar-refractivity contribution in [2.45, 2.75) is 65.2 Å². The van der Waals surface area contributed by atoms with Crippen molar-refractivity contribution in [3.8, 4) is 11.5 Å². The highest BCUT2D eigenvalue weighted by molar-refractivity contribution is 14.1. The Bertz CT molecular complexity index is 402. The van der Waals surface area contributed by atoms with Gasteiger partial charge in [-0.25, -0.2) is 0 Å². The van der Waals surface area contributed by atoms with Crippen molar-refractivity contribution in [1.82, 2.24) is 0 Å². The lowest BCUT2D eigenvalue weighted by atomic mass is 9.96. The second-order valence-corrected chi connectivity index (χ2v) is 6.19. The minimum atomic E-state index is 0.0233. The molecule has 0 aromatic heterocycles. The van der Waals surface area contributed by atoms with Crippen molar-refractivity contribution in [1.29, 1.82) is 0 Å². The summed E-state index contributed by atoms with van der Waals surface area (Å²) in [5, 5.41) is 19.7. The average molecular weight is 376 g/mol. The molecule has 2 N–H and O–H groups in total. The maximum absolute atomic E-state index is 9.88. The van der Waals surface area contributed by atoms with Crippen LogP contribution in [0.5, 0.6) is 11.5 Å². The Morgan fingerprint density at radius 2 is 1.53 bits per heavy atom. The van der Waals surface area contributed by atoms with Gasteiger partial charge in [-0.3, -0.25) is 0 Å². The van der Waals surface area contributed by atoms with Crippen molar-refractivity contribution in [2.75, 3.05) is 0 Å². The fraction of sp³-hybridized carbons (Fsp3) is 0.625. The predicted molar refractivity (Wildman–Crippen MR) is 88.9 cm³/mol. The first-order valence-corrected chi connectivity index (χ1v) is 8.41. The zero-order chi connectivity index (χ0) is 14.3. The molecule has 1 aromatic carbocycles. The van der Waals surface area contributed by atoms with Gasteiger partial charge in [-0.15, -0.1) is 0 Å². The van der Waals surface area contributed by atoms with Crippen LogP contribution in [0.2, 0.25) is 0 Å². The van der Waals surface area contributed by atoms with Gasteiger partial charge in [0.05, 0.1) is 3.57 Å². The predicted octanol–water partition coefficient (Wildman–Crippen LogP) is 5.17. The molecule has 0 aliphatic heterocycles. The molecule has 3 heteroatoms. The summed E-state index contributed by atoms with van der Waals surface area (Å²) in [7, 11) is 0. The number of rotatable bonds is 8. The Morgan fingerprint density at radius 3 is 2.11 bits per heavy atom. The summed E-state index contributed by atoms with van der Waals surface area (Å²) in [5.41, 5.74) is 2.45. The van der Waals surface area contributed by atoms with Gasteiger partial charge in [-0.05, 0) is 65.5 Å². The number of phenols is 2. The van der Waals surface area contributed by atoms with E-state index in [-0.39, 0.29) is 11.5 Å². The Balaban J connectivity index is 2.90. The highest BCUT2D eigenvalue weighted by Crippen LogP contribution is 2.36. The molecule has 0 aliphatic carbocycles. The Hall–Kier alpha value is -0.450. The van der Waals surface area contributed by atoms with E-state index in [1.165, 1.54) is 36.8 Å². The van der Waals surface area contributed by atoms with Gasteiger partial charge < -0.3 is 10.2 Å². The first kappa shape index (κ1) is 16.6. The smallest absolute Gasteiger partial charge is 0.171 e. The van der Waals surface area contributed by atoms with Crippen molar-refractivity contribution in [3.05, 3.63) is 20.8 Å². The number of halogens is 1. The summed E-state index contributed by atoms with van der Waals surface area (Å²) < 4.78 is 0.834. The van der Waals surface area contributed by atoms with Gasteiger partial charge in [-0.2, -0.15) is 0 Å². The van der Waals surface area contributed by atoms with Gasteiger partial charge in [-0.1, -0.05) is 39.5 Å². The zero-order valence-electron chi connectivity index (χ0n) is 12.0. The normalized spacial score (nSPS) is 10.9. The third kappa shape index (κ3) is 4.86. The van der Waals surface area contributed by atoms with Crippen LogP contribution in [-0.4, -0.2) is 10.2 Å². The number of hydrogen-bond acceptors (Lipinski definition) is 2. The molecule has 19 heavy (non-hydrogen) atoms. The van der Waals surface area contributed by atoms with Gasteiger partial charge >= 0.3 is 0 Å². The van der Waals surface area contributed by atoms with Crippen LogP contribution in [0, 0.1) is 3.57 Å². The quantitative estimate of drug-likeness (QED) is 0.373. The van der Waals surface area contributed by atoms with E-state index in [1.54, 1.807) is 6.07 Å². The third-order valence-electron chi connectivity index (χ3n) is 3.49. The molecule has 0 bridgehead atoms. The molecule has 0 radical (unpaired) electrons. The summed E-state index contributed by atoms with van der Waals surface area (Å²) in [6, 6.07) is 1.76. The van der Waals surface area contributed by atoms with Gasteiger partial charge in [0.1, 0.15) is 0 Å². The Labute approximate surface area is 130 Å². The Morgan fingerprint density at radius 1 is 0.947 bits per heavy atom. The highest BCUT2D eigenvalue weighted by Gasteiger charge is 2.14. The number of benzene rings is 1. The molecule has 2 nitrogen and oxygen atoms in total. The van der Waals surface area contributed by atoms with E-state index < -0.39 is 0 Å². The topological polar surface area (TPSA) is 40.5 Å². The van der Waals surface area contributed by atoms with E-state index in [1.807, 2.05) is 0 Å². The van der Waals surface area contributed by atoms with Crippen LogP contribution in [0.4, 0.5) is 0 Å². The summed E-state index contributed by atoms with van der Waals surface area (Å²) in [5.74, 6) is 0.0708. The molecule has 1 aromatic rings. The van der Waals surface area contributed by atoms with Crippen LogP contribution in [0.25, 0.3) is 0 Å². The van der Waals surface area contributed by atoms with E-state index in [2.05, 4.69) is 36.4 Å². The van der Waals surface area contributed by atoms with Crippen LogP contribution >= 0.6 is 22.6 Å². The fourth-order valence-corrected chi connectivity index (χ4v) is 3.22. The van der Waals surface area contributed by atoms with Crippen LogP contribution in [-0.2, 0) is 12.8 Å². The van der Waals surface area contributed by atoms with Gasteiger partial charge in [0.25, 0.3) is 0 Å². The molecule has 0 atom stereocenters. The molecule has 0 aliphatic rings. The molecule has 108 valence electrons. The fourth-order valence-electron chi connectivity index (χ4n) is 2.33. The van der Waals surface area contributed by atoms with E-state index in [0.717, 1.165) is 29.3 Å². The lowest BCUT2D eigenvalue weighted by Gasteiger charge is -2.14. The highest BCUT2D eigenvalue weighted by atomic mass is 127. The molecule has 0 amide bonds. The first-order valence-electron chi connectivity index (χ1n) is 7.33. The minimum absolute atomic E-state index is 0.0233. The van der Waals surface area contributed by atoms with Crippen molar-refractivity contribution in [2.24, 2.45) is 0 Å². The zero-order valence-corrected chi connectivity index (χ0v) is 14.2. The number of aryl methyl sites for hydroxylation is 1. The van der Waals surface area contributed by atoms with Crippen LogP contribution < -0.4 is 0 Å². The third-order valence-corrected chi connectivity index (χ3v) is 4.66. The van der Waals surface area contributed by atoms with Crippen molar-refractivity contribution >= 4 is 22.6 Å². The number of unbranched alkanes of at least 4 members (excludes halogenated alkanes) is 4. The SMILES string of the molecule is CCCCCc1cc(O)c(O)c(I)c1CCCCC. The first-order chi connectivity index (χ1) is 9.11. The minimum Gasteiger partial charge on any atom is -0.504 e. The largest absolute Gasteiger partial charge is 0.504 e. The van der Waals surface area contributed by atoms with E-state index in [4.69, 9.17) is 0 Å². The molecular formula is C16H25IO2. The van der Waals surface area contributed by atoms with Crippen LogP contribution in [0.1, 0.15) is 63.5 Å². The monoisotopic (exact) mass is 376 g/mol. The lowest BCUT2D eigenvalue weighted by molar-refractivity contribution is 0.399. The average Bonchev–Trinajstić information content (AvgIpc) is 2.40. The summed E-state index contributed by atoms with van der Waals surface area (Å²) in [6.07, 6.45) is 9.13. The standard InChI is InChI=1S/C16H25IO2/c1-3-5-7-9-12-11-14(18)16(19)15(17)13(12)10-8-6-4-2/h11,18-19H,3-10H2,1-2H3. The maximum atomic E-state index is 9.88. The van der Waals surface area contributed by atoms with Crippen molar-refractivity contribution in [3.63, 3.8) is 0 Å². The molecule has 1 rings (SSSR count). The number of phenolic OH excluding ortho intramolecular Hbond substituents is 2. The van der Waals surface area contributed by atoms with Crippen molar-refractivity contribution < 1.29 is 10.2 Å². The molecule has 0 saturated carbocycles. The number of hydrogen-bond donors (Lipinski definition) is 2. The summed E-state index contributed by atoms with van der Waals surface area (Å²) in [4.78, 5) is 0. The van der Waals surface area contributed by atoms with Gasteiger partial charge in [0, 0.05) is 0 Å². The molecule has 0 saturated heterocycles. The Kier molecular flexibility index (Phi) is 7.57. The number of aromatic hydroxyl groups is 2. The molecule has 0 spiro atoms. The van der Waals surface area contributed by atoms with Crippen LogP contribution in [0.3, 0.4) is 0 Å². The molecular weight excluding hydrogens is 351 g/mol. The van der Waals surface area contributed by atoms with E-state index in [0.29, 0.717) is 0 Å². The van der Waals surface area contributed by atoms with Crippen LogP contribution in [0.15, 0.2) is 6.07 Å². The van der Waals surface area contributed by atoms with E-state index in [9.17, 15) is 10.2 Å². The second-order valence-electron chi connectivity index (χ2n) is 5.11. The van der Waals surface area contributed by atoms with Gasteiger partial charge in [0.2, 0.25) is 0 Å². The molecule has 0 fully saturated rings. The van der Waals surface area contributed by atoms with Gasteiger partial charge in [0.15, 0.2) is 11.5 Å². The molecule has 0 unspecified atom stereocenters. The molecule has 0 heterocycles. The van der Waals surface area contributed by atoms with E-state index >= 15 is 0 Å². The summed E-state index contributed by atoms with van der Waals surface area (Å²) in [6.45, 7) is 4.39. The summed E-state index contributed by atoms with van der Waals surface area (Å²) >= 11 is 2.16.